The number of para-hydroxylation sites is 1. The first-order valence-corrected chi connectivity index (χ1v) is 10.2. The minimum absolute atomic E-state index is 0.222. The van der Waals surface area contributed by atoms with E-state index in [1.165, 1.54) is 4.90 Å². The van der Waals surface area contributed by atoms with Gasteiger partial charge in [0.1, 0.15) is 18.2 Å². The summed E-state index contributed by atoms with van der Waals surface area (Å²) < 4.78 is 5.41. The van der Waals surface area contributed by atoms with E-state index in [2.05, 4.69) is 5.32 Å². The number of amides is 2. The summed E-state index contributed by atoms with van der Waals surface area (Å²) in [5.41, 5.74) is 1.36. The summed E-state index contributed by atoms with van der Waals surface area (Å²) in [6, 6.07) is 13.1. The Morgan fingerprint density at radius 1 is 1.13 bits per heavy atom. The lowest BCUT2D eigenvalue weighted by atomic mass is 10.1. The van der Waals surface area contributed by atoms with Gasteiger partial charge in [0.15, 0.2) is 0 Å². The number of benzene rings is 2. The fourth-order valence-corrected chi connectivity index (χ4v) is 3.48. The van der Waals surface area contributed by atoms with Gasteiger partial charge >= 0.3 is 5.97 Å². The lowest BCUT2D eigenvalue weighted by Crippen LogP contribution is -2.50. The molecule has 6 nitrogen and oxygen atoms in total. The van der Waals surface area contributed by atoms with Crippen molar-refractivity contribution in [1.29, 1.82) is 0 Å². The van der Waals surface area contributed by atoms with E-state index in [0.717, 1.165) is 5.56 Å². The van der Waals surface area contributed by atoms with Crippen LogP contribution in [0.3, 0.4) is 0 Å². The van der Waals surface area contributed by atoms with E-state index < -0.39 is 17.6 Å². The molecule has 2 aromatic carbocycles. The molecule has 158 valence electrons. The summed E-state index contributed by atoms with van der Waals surface area (Å²) in [6.07, 6.45) is 1.03. The van der Waals surface area contributed by atoms with Crippen molar-refractivity contribution in [3.05, 3.63) is 64.7 Å². The smallest absolute Gasteiger partial charge is 0.326 e. The first kappa shape index (κ1) is 21.8. The molecule has 30 heavy (non-hydrogen) atoms. The molecule has 0 saturated heterocycles. The molecule has 3 rings (SSSR count). The SMILES string of the molecule is CC(C)(C)OC(=O)CN1C(=O)C(NC(=O)c2ccc(Cl)cc2)CCc2ccccc21. The Morgan fingerprint density at radius 3 is 2.47 bits per heavy atom. The maximum atomic E-state index is 13.3. The van der Waals surface area contributed by atoms with Crippen molar-refractivity contribution in [2.75, 3.05) is 11.4 Å². The summed E-state index contributed by atoms with van der Waals surface area (Å²) in [6.45, 7) is 5.11. The van der Waals surface area contributed by atoms with Gasteiger partial charge in [0.05, 0.1) is 0 Å². The summed E-state index contributed by atoms with van der Waals surface area (Å²) in [7, 11) is 0. The van der Waals surface area contributed by atoms with Gasteiger partial charge in [0.25, 0.3) is 5.91 Å². The van der Waals surface area contributed by atoms with Crippen molar-refractivity contribution in [2.24, 2.45) is 0 Å². The normalized spacial score (nSPS) is 16.5. The van der Waals surface area contributed by atoms with E-state index in [1.54, 1.807) is 51.1 Å². The van der Waals surface area contributed by atoms with Crippen LogP contribution in [0.25, 0.3) is 0 Å². The molecule has 0 bridgehead atoms. The maximum absolute atomic E-state index is 13.3. The van der Waals surface area contributed by atoms with Gasteiger partial charge in [-0.1, -0.05) is 29.8 Å². The number of hydrogen-bond donors (Lipinski definition) is 1. The average Bonchev–Trinajstić information content (AvgIpc) is 2.79. The van der Waals surface area contributed by atoms with Crippen molar-refractivity contribution in [1.82, 2.24) is 5.32 Å². The monoisotopic (exact) mass is 428 g/mol. The van der Waals surface area contributed by atoms with Crippen LogP contribution in [0.1, 0.15) is 43.1 Å². The van der Waals surface area contributed by atoms with Crippen molar-refractivity contribution < 1.29 is 19.1 Å². The largest absolute Gasteiger partial charge is 0.459 e. The number of aryl methyl sites for hydroxylation is 1. The zero-order chi connectivity index (χ0) is 21.9. The van der Waals surface area contributed by atoms with Crippen LogP contribution < -0.4 is 10.2 Å². The van der Waals surface area contributed by atoms with Crippen LogP contribution in [0.2, 0.25) is 5.02 Å². The lowest BCUT2D eigenvalue weighted by molar-refractivity contribution is -0.153. The number of anilines is 1. The van der Waals surface area contributed by atoms with E-state index in [4.69, 9.17) is 16.3 Å². The van der Waals surface area contributed by atoms with E-state index in [0.29, 0.717) is 29.1 Å². The number of rotatable bonds is 4. The molecule has 0 saturated carbocycles. The standard InChI is InChI=1S/C23H25ClN2O4/c1-23(2,3)30-20(27)14-26-19-7-5-4-6-15(19)10-13-18(22(26)29)25-21(28)16-8-11-17(24)12-9-16/h4-9,11-12,18H,10,13-14H2,1-3H3,(H,25,28). The molecular weight excluding hydrogens is 404 g/mol. The molecule has 0 fully saturated rings. The van der Waals surface area contributed by atoms with Gasteiger partial charge in [-0.25, -0.2) is 0 Å². The molecule has 0 aromatic heterocycles. The Bertz CT molecular complexity index is 950. The van der Waals surface area contributed by atoms with E-state index in [-0.39, 0.29) is 18.4 Å². The zero-order valence-electron chi connectivity index (χ0n) is 17.3. The molecule has 0 spiro atoms. The Kier molecular flexibility index (Phi) is 6.46. The van der Waals surface area contributed by atoms with Gasteiger partial charge in [-0.15, -0.1) is 0 Å². The third-order valence-electron chi connectivity index (χ3n) is 4.67. The fourth-order valence-electron chi connectivity index (χ4n) is 3.36. The lowest BCUT2D eigenvalue weighted by Gasteiger charge is -2.27. The van der Waals surface area contributed by atoms with E-state index in [1.807, 2.05) is 18.2 Å². The topological polar surface area (TPSA) is 75.7 Å². The molecule has 1 aliphatic rings. The highest BCUT2D eigenvalue weighted by Crippen LogP contribution is 2.27. The molecule has 0 radical (unpaired) electrons. The summed E-state index contributed by atoms with van der Waals surface area (Å²) >= 11 is 5.88. The van der Waals surface area contributed by atoms with Crippen molar-refractivity contribution in [3.63, 3.8) is 0 Å². The molecule has 2 amide bonds. The Balaban J connectivity index is 1.83. The van der Waals surface area contributed by atoms with Crippen molar-refractivity contribution in [2.45, 2.75) is 45.3 Å². The second-order valence-electron chi connectivity index (χ2n) is 8.21. The third kappa shape index (κ3) is 5.39. The maximum Gasteiger partial charge on any atom is 0.326 e. The average molecular weight is 429 g/mol. The minimum Gasteiger partial charge on any atom is -0.459 e. The van der Waals surface area contributed by atoms with Gasteiger partial charge in [-0.3, -0.25) is 19.3 Å². The van der Waals surface area contributed by atoms with E-state index >= 15 is 0 Å². The second-order valence-corrected chi connectivity index (χ2v) is 8.65. The number of nitrogens with zero attached hydrogens (tertiary/aromatic N) is 1. The number of nitrogens with one attached hydrogen (secondary N) is 1. The molecule has 1 heterocycles. The van der Waals surface area contributed by atoms with Crippen LogP contribution in [0, 0.1) is 0 Å². The van der Waals surface area contributed by atoms with Gasteiger partial charge < -0.3 is 10.1 Å². The van der Waals surface area contributed by atoms with Crippen molar-refractivity contribution in [3.8, 4) is 0 Å². The number of hydrogen-bond acceptors (Lipinski definition) is 4. The Hall–Kier alpha value is -2.86. The Labute approximate surface area is 181 Å². The highest BCUT2D eigenvalue weighted by atomic mass is 35.5. The predicted molar refractivity (Wildman–Crippen MR) is 116 cm³/mol. The Morgan fingerprint density at radius 2 is 1.80 bits per heavy atom. The van der Waals surface area contributed by atoms with Crippen LogP contribution in [0.4, 0.5) is 5.69 Å². The van der Waals surface area contributed by atoms with Gasteiger partial charge in [-0.05, 0) is 69.5 Å². The predicted octanol–water partition coefficient (Wildman–Crippen LogP) is 3.76. The molecule has 1 atom stereocenters. The number of carbonyl (C=O) groups excluding carboxylic acids is 3. The number of esters is 1. The van der Waals surface area contributed by atoms with Gasteiger partial charge in [0, 0.05) is 16.3 Å². The summed E-state index contributed by atoms with van der Waals surface area (Å²) in [5, 5.41) is 3.33. The minimum atomic E-state index is -0.761. The highest BCUT2D eigenvalue weighted by Gasteiger charge is 2.33. The zero-order valence-corrected chi connectivity index (χ0v) is 18.0. The first-order chi connectivity index (χ1) is 14.1. The summed E-state index contributed by atoms with van der Waals surface area (Å²) in [4.78, 5) is 39.8. The molecule has 1 N–H and O–H groups in total. The molecule has 1 aliphatic heterocycles. The van der Waals surface area contributed by atoms with Crippen LogP contribution in [-0.4, -0.2) is 36.0 Å². The van der Waals surface area contributed by atoms with Crippen LogP contribution in [-0.2, 0) is 20.7 Å². The van der Waals surface area contributed by atoms with Gasteiger partial charge in [-0.2, -0.15) is 0 Å². The highest BCUT2D eigenvalue weighted by molar-refractivity contribution is 6.30. The number of carbonyl (C=O) groups is 3. The molecule has 7 heteroatoms. The van der Waals surface area contributed by atoms with Crippen molar-refractivity contribution >= 4 is 35.1 Å². The number of halogens is 1. The number of fused-ring (bicyclic) bond motifs is 1. The third-order valence-corrected chi connectivity index (χ3v) is 4.92. The molecular formula is C23H25ClN2O4. The number of ether oxygens (including phenoxy) is 1. The van der Waals surface area contributed by atoms with Crippen LogP contribution in [0.15, 0.2) is 48.5 Å². The molecule has 0 aliphatic carbocycles. The summed E-state index contributed by atoms with van der Waals surface area (Å²) in [5.74, 6) is -1.21. The quantitative estimate of drug-likeness (QED) is 0.752. The van der Waals surface area contributed by atoms with Crippen LogP contribution >= 0.6 is 11.6 Å². The molecule has 1 unspecified atom stereocenters. The first-order valence-electron chi connectivity index (χ1n) is 9.81. The van der Waals surface area contributed by atoms with E-state index in [9.17, 15) is 14.4 Å². The second kappa shape index (κ2) is 8.88. The van der Waals surface area contributed by atoms with Crippen LogP contribution in [0.5, 0.6) is 0 Å². The van der Waals surface area contributed by atoms with Gasteiger partial charge in [0.2, 0.25) is 5.91 Å². The molecule has 2 aromatic rings. The fraction of sp³-hybridized carbons (Fsp3) is 0.348.